The highest BCUT2D eigenvalue weighted by molar-refractivity contribution is 5.80. The van der Waals surface area contributed by atoms with E-state index in [2.05, 4.69) is 0 Å². The van der Waals surface area contributed by atoms with Gasteiger partial charge in [-0.3, -0.25) is 0 Å². The second-order valence-corrected chi connectivity index (χ2v) is 3.21. The molecule has 1 heterocycles. The van der Waals surface area contributed by atoms with E-state index < -0.39 is 0 Å². The molecule has 2 aromatic rings. The van der Waals surface area contributed by atoms with E-state index >= 15 is 0 Å². The minimum Gasteiger partial charge on any atom is -0.618 e. The first-order valence-electron chi connectivity index (χ1n) is 4.39. The molecule has 0 saturated carbocycles. The maximum absolute atomic E-state index is 11.4. The zero-order valence-corrected chi connectivity index (χ0v) is 8.15. The number of methoxy groups -OCH3 is 1. The Morgan fingerprint density at radius 1 is 1.29 bits per heavy atom. The predicted octanol–water partition coefficient (Wildman–Crippen LogP) is 1.79. The number of aromatic nitrogens is 1. The standard InChI is InChI=1S/C11H11NO2/c1-8-5-6-12(13)11-4-3-9(14-2)7-10(8)11/h3-7H,1-2H3. The smallest absolute Gasteiger partial charge is 0.224 e. The van der Waals surface area contributed by atoms with Crippen molar-refractivity contribution in [1.82, 2.24) is 0 Å². The summed E-state index contributed by atoms with van der Waals surface area (Å²) in [6, 6.07) is 7.23. The third kappa shape index (κ3) is 1.27. The molecule has 3 nitrogen and oxygen atoms in total. The van der Waals surface area contributed by atoms with Crippen molar-refractivity contribution >= 4 is 10.9 Å². The number of hydrogen-bond donors (Lipinski definition) is 0. The lowest BCUT2D eigenvalue weighted by atomic mass is 10.1. The van der Waals surface area contributed by atoms with Crippen molar-refractivity contribution in [3.63, 3.8) is 0 Å². The van der Waals surface area contributed by atoms with Crippen molar-refractivity contribution in [2.45, 2.75) is 6.92 Å². The van der Waals surface area contributed by atoms with Gasteiger partial charge in [0, 0.05) is 12.1 Å². The fourth-order valence-corrected chi connectivity index (χ4v) is 1.50. The molecule has 0 bridgehead atoms. The Morgan fingerprint density at radius 3 is 2.79 bits per heavy atom. The fraction of sp³-hybridized carbons (Fsp3) is 0.182. The molecule has 14 heavy (non-hydrogen) atoms. The summed E-state index contributed by atoms with van der Waals surface area (Å²) < 4.78 is 5.97. The van der Waals surface area contributed by atoms with E-state index in [4.69, 9.17) is 4.74 Å². The summed E-state index contributed by atoms with van der Waals surface area (Å²) in [6.45, 7) is 1.97. The molecule has 0 aliphatic heterocycles. The minimum absolute atomic E-state index is 0.672. The van der Waals surface area contributed by atoms with Gasteiger partial charge in [0.1, 0.15) is 5.75 Å². The van der Waals surface area contributed by atoms with Crippen molar-refractivity contribution < 1.29 is 9.47 Å². The maximum Gasteiger partial charge on any atom is 0.224 e. The quantitative estimate of drug-likeness (QED) is 0.506. The highest BCUT2D eigenvalue weighted by atomic mass is 16.5. The highest BCUT2D eigenvalue weighted by Gasteiger charge is 2.06. The summed E-state index contributed by atoms with van der Waals surface area (Å²) in [5, 5.41) is 12.3. The van der Waals surface area contributed by atoms with E-state index in [9.17, 15) is 5.21 Å². The summed E-state index contributed by atoms with van der Waals surface area (Å²) in [5.74, 6) is 0.770. The first kappa shape index (κ1) is 8.81. The van der Waals surface area contributed by atoms with Crippen molar-refractivity contribution in [2.75, 3.05) is 7.11 Å². The van der Waals surface area contributed by atoms with E-state index in [1.54, 1.807) is 25.3 Å². The third-order valence-electron chi connectivity index (χ3n) is 2.33. The molecule has 0 aliphatic rings. The maximum atomic E-state index is 11.4. The Balaban J connectivity index is 2.80. The van der Waals surface area contributed by atoms with Gasteiger partial charge in [-0.15, -0.1) is 0 Å². The topological polar surface area (TPSA) is 36.2 Å². The Labute approximate surface area is 82.1 Å². The molecule has 0 atom stereocenters. The van der Waals surface area contributed by atoms with Gasteiger partial charge in [-0.05, 0) is 24.6 Å². The Hall–Kier alpha value is -1.77. The van der Waals surface area contributed by atoms with Gasteiger partial charge >= 0.3 is 0 Å². The SMILES string of the molecule is COc1ccc2c(c1)c(C)cc[n+]2[O-]. The lowest BCUT2D eigenvalue weighted by molar-refractivity contribution is -0.577. The van der Waals surface area contributed by atoms with Gasteiger partial charge in [0.25, 0.3) is 0 Å². The van der Waals surface area contributed by atoms with Crippen LogP contribution in [0.1, 0.15) is 5.56 Å². The van der Waals surface area contributed by atoms with Crippen LogP contribution >= 0.6 is 0 Å². The van der Waals surface area contributed by atoms with Crippen molar-refractivity contribution in [1.29, 1.82) is 0 Å². The monoisotopic (exact) mass is 189 g/mol. The second kappa shape index (κ2) is 3.18. The molecule has 0 unspecified atom stereocenters. The van der Waals surface area contributed by atoms with E-state index in [-0.39, 0.29) is 0 Å². The van der Waals surface area contributed by atoms with E-state index in [1.165, 1.54) is 6.20 Å². The summed E-state index contributed by atoms with van der Waals surface area (Å²) in [7, 11) is 1.62. The normalized spacial score (nSPS) is 10.4. The molecular formula is C11H11NO2. The van der Waals surface area contributed by atoms with Crippen LogP contribution in [0.15, 0.2) is 30.5 Å². The number of fused-ring (bicyclic) bond motifs is 1. The largest absolute Gasteiger partial charge is 0.618 e. The number of pyridine rings is 1. The Bertz CT molecular complexity index is 480. The molecule has 0 spiro atoms. The number of aryl methyl sites for hydroxylation is 1. The zero-order chi connectivity index (χ0) is 10.1. The van der Waals surface area contributed by atoms with Gasteiger partial charge in [-0.25, -0.2) is 0 Å². The van der Waals surface area contributed by atoms with Crippen molar-refractivity contribution in [3.8, 4) is 5.75 Å². The van der Waals surface area contributed by atoms with Crippen LogP contribution in [-0.2, 0) is 0 Å². The summed E-state index contributed by atoms with van der Waals surface area (Å²) >= 11 is 0. The van der Waals surface area contributed by atoms with E-state index in [0.717, 1.165) is 21.4 Å². The van der Waals surface area contributed by atoms with Crippen LogP contribution in [0, 0.1) is 12.1 Å². The Morgan fingerprint density at radius 2 is 2.07 bits per heavy atom. The van der Waals surface area contributed by atoms with Crippen LogP contribution in [0.2, 0.25) is 0 Å². The predicted molar refractivity (Wildman–Crippen MR) is 54.2 cm³/mol. The van der Waals surface area contributed by atoms with E-state index in [0.29, 0.717) is 5.52 Å². The molecule has 3 heteroatoms. The molecule has 2 rings (SSSR count). The number of benzene rings is 1. The molecular weight excluding hydrogens is 178 g/mol. The van der Waals surface area contributed by atoms with Gasteiger partial charge in [0.15, 0.2) is 6.20 Å². The van der Waals surface area contributed by atoms with Gasteiger partial charge < -0.3 is 9.94 Å². The molecule has 1 aromatic carbocycles. The molecule has 0 saturated heterocycles. The fourth-order valence-electron chi connectivity index (χ4n) is 1.50. The number of nitrogens with zero attached hydrogens (tertiary/aromatic N) is 1. The molecule has 0 N–H and O–H groups in total. The second-order valence-electron chi connectivity index (χ2n) is 3.21. The molecule has 72 valence electrons. The minimum atomic E-state index is 0.672. The Kier molecular flexibility index (Phi) is 2.00. The first-order valence-corrected chi connectivity index (χ1v) is 4.39. The van der Waals surface area contributed by atoms with E-state index in [1.807, 2.05) is 13.0 Å². The average molecular weight is 189 g/mol. The molecule has 1 aromatic heterocycles. The number of rotatable bonds is 1. The molecule has 0 aliphatic carbocycles. The lowest BCUT2D eigenvalue weighted by Gasteiger charge is -2.05. The van der Waals surface area contributed by atoms with Gasteiger partial charge in [0.2, 0.25) is 5.52 Å². The summed E-state index contributed by atoms with van der Waals surface area (Å²) in [6.07, 6.45) is 1.52. The van der Waals surface area contributed by atoms with Gasteiger partial charge in [-0.2, -0.15) is 4.73 Å². The summed E-state index contributed by atoms with van der Waals surface area (Å²) in [4.78, 5) is 0. The van der Waals surface area contributed by atoms with Crippen LogP contribution in [0.25, 0.3) is 10.9 Å². The third-order valence-corrected chi connectivity index (χ3v) is 2.33. The molecule has 0 fully saturated rings. The molecule has 0 amide bonds. The number of hydrogen-bond acceptors (Lipinski definition) is 2. The lowest BCUT2D eigenvalue weighted by Crippen LogP contribution is -2.26. The zero-order valence-electron chi connectivity index (χ0n) is 8.15. The number of ether oxygens (including phenoxy) is 1. The summed E-state index contributed by atoms with van der Waals surface area (Å²) in [5.41, 5.74) is 1.75. The average Bonchev–Trinajstić information content (AvgIpc) is 2.23. The van der Waals surface area contributed by atoms with Crippen LogP contribution in [-0.4, -0.2) is 7.11 Å². The first-order chi connectivity index (χ1) is 6.72. The van der Waals surface area contributed by atoms with Crippen LogP contribution in [0.5, 0.6) is 5.75 Å². The highest BCUT2D eigenvalue weighted by Crippen LogP contribution is 2.20. The van der Waals surface area contributed by atoms with Crippen molar-refractivity contribution in [3.05, 3.63) is 41.2 Å². The van der Waals surface area contributed by atoms with Gasteiger partial charge in [-0.1, -0.05) is 0 Å². The van der Waals surface area contributed by atoms with Crippen LogP contribution in [0.4, 0.5) is 0 Å². The van der Waals surface area contributed by atoms with Gasteiger partial charge in [0.05, 0.1) is 12.5 Å². The van der Waals surface area contributed by atoms with Crippen LogP contribution in [0.3, 0.4) is 0 Å². The van der Waals surface area contributed by atoms with Crippen molar-refractivity contribution in [2.24, 2.45) is 0 Å². The van der Waals surface area contributed by atoms with Crippen LogP contribution < -0.4 is 9.47 Å². The molecule has 0 radical (unpaired) electrons.